The summed E-state index contributed by atoms with van der Waals surface area (Å²) >= 11 is 0. The van der Waals surface area contributed by atoms with E-state index < -0.39 is 0 Å². The Bertz CT molecular complexity index is 1480. The Morgan fingerprint density at radius 2 is 1.79 bits per heavy atom. The van der Waals surface area contributed by atoms with Crippen LogP contribution in [0.3, 0.4) is 0 Å². The number of aromatic nitrogens is 5. The van der Waals surface area contributed by atoms with Crippen molar-refractivity contribution in [3.8, 4) is 28.5 Å². The molecule has 1 atom stereocenters. The molecule has 0 bridgehead atoms. The summed E-state index contributed by atoms with van der Waals surface area (Å²) in [6, 6.07) is 20.4. The molecule has 7 nitrogen and oxygen atoms in total. The molecular formula is C26H21N7. The highest BCUT2D eigenvalue weighted by Gasteiger charge is 2.11. The Morgan fingerprint density at radius 1 is 0.939 bits per heavy atom. The average Bonchev–Trinajstić information content (AvgIpc) is 3.32. The first kappa shape index (κ1) is 20.3. The standard InChI is InChI=1S/C26H21N7/c1-16(19-4-3-5-20(10-19)22-14-29-26(13-27)30-15-22)31-25-12-24(32-17(2)33-25)21-7-6-18-8-9-28-23(18)11-21/h3-12,14-16,28H,1-2H3,(H,31,32,33). The molecule has 3 aromatic heterocycles. The number of nitrogens with one attached hydrogen (secondary N) is 2. The van der Waals surface area contributed by atoms with Gasteiger partial charge in [-0.2, -0.15) is 5.26 Å². The van der Waals surface area contributed by atoms with Gasteiger partial charge in [0.2, 0.25) is 5.82 Å². The zero-order chi connectivity index (χ0) is 22.8. The first-order valence-corrected chi connectivity index (χ1v) is 10.6. The number of H-pyrrole nitrogens is 1. The van der Waals surface area contributed by atoms with Crippen molar-refractivity contribution in [3.63, 3.8) is 0 Å². The van der Waals surface area contributed by atoms with Crippen LogP contribution in [0.1, 0.15) is 30.2 Å². The van der Waals surface area contributed by atoms with Crippen molar-refractivity contribution in [2.45, 2.75) is 19.9 Å². The lowest BCUT2D eigenvalue weighted by atomic mass is 10.0. The summed E-state index contributed by atoms with van der Waals surface area (Å²) in [5, 5.41) is 13.6. The van der Waals surface area contributed by atoms with Crippen LogP contribution in [0.5, 0.6) is 0 Å². The fourth-order valence-corrected chi connectivity index (χ4v) is 3.82. The minimum absolute atomic E-state index is 0.0114. The third-order valence-corrected chi connectivity index (χ3v) is 5.52. The second-order valence-electron chi connectivity index (χ2n) is 7.86. The molecule has 7 heteroatoms. The molecule has 3 heterocycles. The summed E-state index contributed by atoms with van der Waals surface area (Å²) < 4.78 is 0. The Kier molecular flexibility index (Phi) is 5.25. The van der Waals surface area contributed by atoms with Crippen molar-refractivity contribution >= 4 is 16.7 Å². The fraction of sp³-hybridized carbons (Fsp3) is 0.115. The van der Waals surface area contributed by atoms with Gasteiger partial charge < -0.3 is 10.3 Å². The molecule has 0 aliphatic rings. The Labute approximate surface area is 191 Å². The molecule has 0 amide bonds. The molecule has 5 rings (SSSR count). The molecule has 5 aromatic rings. The predicted molar refractivity (Wildman–Crippen MR) is 128 cm³/mol. The maximum absolute atomic E-state index is 8.91. The number of benzene rings is 2. The predicted octanol–water partition coefficient (Wildman–Crippen LogP) is 5.44. The molecule has 0 saturated carbocycles. The number of hydrogen-bond acceptors (Lipinski definition) is 6. The summed E-state index contributed by atoms with van der Waals surface area (Å²) in [5.41, 5.74) is 5.94. The highest BCUT2D eigenvalue weighted by atomic mass is 15.0. The maximum atomic E-state index is 8.91. The van der Waals surface area contributed by atoms with Crippen LogP contribution >= 0.6 is 0 Å². The van der Waals surface area contributed by atoms with Crippen LogP contribution in [0.25, 0.3) is 33.3 Å². The lowest BCUT2D eigenvalue weighted by Gasteiger charge is -2.17. The van der Waals surface area contributed by atoms with Crippen molar-refractivity contribution in [3.05, 3.63) is 90.4 Å². The maximum Gasteiger partial charge on any atom is 0.232 e. The van der Waals surface area contributed by atoms with Gasteiger partial charge in [-0.15, -0.1) is 0 Å². The number of fused-ring (bicyclic) bond motifs is 1. The zero-order valence-electron chi connectivity index (χ0n) is 18.2. The summed E-state index contributed by atoms with van der Waals surface area (Å²) in [6.45, 7) is 3.99. The highest BCUT2D eigenvalue weighted by Crippen LogP contribution is 2.27. The number of nitrogens with zero attached hydrogens (tertiary/aromatic N) is 5. The van der Waals surface area contributed by atoms with E-state index in [0.717, 1.165) is 39.3 Å². The summed E-state index contributed by atoms with van der Waals surface area (Å²) in [6.07, 6.45) is 5.28. The van der Waals surface area contributed by atoms with Crippen LogP contribution < -0.4 is 5.32 Å². The molecule has 0 saturated heterocycles. The summed E-state index contributed by atoms with van der Waals surface area (Å²) in [7, 11) is 0. The summed E-state index contributed by atoms with van der Waals surface area (Å²) in [5.74, 6) is 1.64. The van der Waals surface area contributed by atoms with Gasteiger partial charge in [0.25, 0.3) is 0 Å². The molecule has 2 N–H and O–H groups in total. The monoisotopic (exact) mass is 431 g/mol. The second kappa shape index (κ2) is 8.52. The van der Waals surface area contributed by atoms with Crippen LogP contribution in [0.15, 0.2) is 73.2 Å². The van der Waals surface area contributed by atoms with E-state index in [1.54, 1.807) is 12.4 Å². The molecule has 0 fully saturated rings. The Balaban J connectivity index is 1.40. The van der Waals surface area contributed by atoms with Crippen LogP contribution in [-0.4, -0.2) is 24.9 Å². The third kappa shape index (κ3) is 4.27. The number of nitriles is 1. The van der Waals surface area contributed by atoms with Crippen LogP contribution in [-0.2, 0) is 0 Å². The molecule has 0 aliphatic carbocycles. The van der Waals surface area contributed by atoms with Crippen molar-refractivity contribution < 1.29 is 0 Å². The molecule has 0 radical (unpaired) electrons. The molecular weight excluding hydrogens is 410 g/mol. The van der Waals surface area contributed by atoms with E-state index >= 15 is 0 Å². The SMILES string of the molecule is Cc1nc(NC(C)c2cccc(-c3cnc(C#N)nc3)c2)cc(-c2ccc3cc[nH]c3c2)n1. The molecule has 0 aliphatic heterocycles. The normalized spacial score (nSPS) is 11.8. The van der Waals surface area contributed by atoms with Gasteiger partial charge in [-0.25, -0.2) is 19.9 Å². The Hall–Kier alpha value is -4.57. The average molecular weight is 432 g/mol. The first-order valence-electron chi connectivity index (χ1n) is 10.6. The molecule has 1 unspecified atom stereocenters. The minimum Gasteiger partial charge on any atom is -0.363 e. The molecule has 0 spiro atoms. The largest absolute Gasteiger partial charge is 0.363 e. The fourth-order valence-electron chi connectivity index (χ4n) is 3.82. The third-order valence-electron chi connectivity index (χ3n) is 5.52. The minimum atomic E-state index is 0.0114. The van der Waals surface area contributed by atoms with Gasteiger partial charge in [-0.1, -0.05) is 30.3 Å². The van der Waals surface area contributed by atoms with Gasteiger partial charge in [0.05, 0.1) is 5.69 Å². The number of anilines is 1. The molecule has 33 heavy (non-hydrogen) atoms. The van der Waals surface area contributed by atoms with Gasteiger partial charge in [0.1, 0.15) is 17.7 Å². The summed E-state index contributed by atoms with van der Waals surface area (Å²) in [4.78, 5) is 20.6. The van der Waals surface area contributed by atoms with Gasteiger partial charge in [-0.3, -0.25) is 0 Å². The van der Waals surface area contributed by atoms with E-state index in [2.05, 4.69) is 73.6 Å². The molecule has 160 valence electrons. The zero-order valence-corrected chi connectivity index (χ0v) is 18.2. The quantitative estimate of drug-likeness (QED) is 0.384. The number of aryl methyl sites for hydroxylation is 1. The highest BCUT2D eigenvalue weighted by molar-refractivity contribution is 5.84. The van der Waals surface area contributed by atoms with Crippen molar-refractivity contribution in [1.82, 2.24) is 24.9 Å². The first-order chi connectivity index (χ1) is 16.1. The lowest BCUT2D eigenvalue weighted by molar-refractivity contribution is 0.868. The van der Waals surface area contributed by atoms with E-state index in [0.29, 0.717) is 5.82 Å². The van der Waals surface area contributed by atoms with Crippen molar-refractivity contribution in [2.75, 3.05) is 5.32 Å². The van der Waals surface area contributed by atoms with E-state index in [1.807, 2.05) is 37.4 Å². The van der Waals surface area contributed by atoms with E-state index in [9.17, 15) is 0 Å². The van der Waals surface area contributed by atoms with Crippen molar-refractivity contribution in [2.24, 2.45) is 0 Å². The topological polar surface area (TPSA) is 103 Å². The van der Waals surface area contributed by atoms with E-state index in [4.69, 9.17) is 5.26 Å². The van der Waals surface area contributed by atoms with Gasteiger partial charge in [-0.05, 0) is 48.6 Å². The second-order valence-corrected chi connectivity index (χ2v) is 7.86. The van der Waals surface area contributed by atoms with E-state index in [-0.39, 0.29) is 11.9 Å². The van der Waals surface area contributed by atoms with Gasteiger partial charge >= 0.3 is 0 Å². The Morgan fingerprint density at radius 3 is 2.61 bits per heavy atom. The lowest BCUT2D eigenvalue weighted by Crippen LogP contribution is -2.09. The number of hydrogen-bond donors (Lipinski definition) is 2. The van der Waals surface area contributed by atoms with Crippen molar-refractivity contribution in [1.29, 1.82) is 5.26 Å². The molecule has 2 aromatic carbocycles. The number of aromatic amines is 1. The van der Waals surface area contributed by atoms with E-state index in [1.165, 1.54) is 5.39 Å². The van der Waals surface area contributed by atoms with Gasteiger partial charge in [0, 0.05) is 47.3 Å². The van der Waals surface area contributed by atoms with Crippen LogP contribution in [0.2, 0.25) is 0 Å². The smallest absolute Gasteiger partial charge is 0.232 e. The van der Waals surface area contributed by atoms with Crippen LogP contribution in [0.4, 0.5) is 5.82 Å². The van der Waals surface area contributed by atoms with Gasteiger partial charge in [0.15, 0.2) is 0 Å². The van der Waals surface area contributed by atoms with Crippen LogP contribution in [0, 0.1) is 18.3 Å². The number of rotatable bonds is 5.